The number of carbonyl (C=O) groups is 1. The highest BCUT2D eigenvalue weighted by atomic mass is 16.5. The van der Waals surface area contributed by atoms with Crippen LogP contribution < -0.4 is 15.4 Å². The molecule has 174 valence electrons. The summed E-state index contributed by atoms with van der Waals surface area (Å²) < 4.78 is 8.34. The maximum atomic E-state index is 12.3. The number of hydrogen-bond acceptors (Lipinski definition) is 3. The monoisotopic (exact) mass is 446 g/mol. The van der Waals surface area contributed by atoms with Crippen molar-refractivity contribution in [3.8, 4) is 17.0 Å². The van der Waals surface area contributed by atoms with Gasteiger partial charge in [-0.05, 0) is 49.8 Å². The van der Waals surface area contributed by atoms with Crippen molar-refractivity contribution >= 4 is 11.7 Å². The summed E-state index contributed by atoms with van der Waals surface area (Å²) in [4.78, 5) is 17.0. The first-order valence-corrected chi connectivity index (χ1v) is 12.1. The molecule has 0 bridgehead atoms. The van der Waals surface area contributed by atoms with Gasteiger partial charge in [0.2, 0.25) is 0 Å². The van der Waals surface area contributed by atoms with Gasteiger partial charge in [-0.2, -0.15) is 0 Å². The van der Waals surface area contributed by atoms with E-state index in [1.165, 1.54) is 16.8 Å². The van der Waals surface area contributed by atoms with E-state index < -0.39 is 0 Å². The molecule has 2 aromatic carbocycles. The van der Waals surface area contributed by atoms with Gasteiger partial charge in [0.15, 0.2) is 0 Å². The second-order valence-electron chi connectivity index (χ2n) is 8.63. The minimum atomic E-state index is -0.185. The van der Waals surface area contributed by atoms with Crippen LogP contribution in [0.1, 0.15) is 49.4 Å². The fourth-order valence-corrected chi connectivity index (χ4v) is 4.38. The summed E-state index contributed by atoms with van der Waals surface area (Å²) in [6.45, 7) is 6.24. The van der Waals surface area contributed by atoms with Crippen LogP contribution in [-0.4, -0.2) is 28.7 Å². The lowest BCUT2D eigenvalue weighted by atomic mass is 9.92. The van der Waals surface area contributed by atoms with Gasteiger partial charge >= 0.3 is 6.03 Å². The quantitative estimate of drug-likeness (QED) is 0.390. The molecule has 1 aliphatic rings. The molecule has 0 aliphatic heterocycles. The second kappa shape index (κ2) is 11.0. The van der Waals surface area contributed by atoms with E-state index in [1.54, 1.807) is 0 Å². The molecule has 2 N–H and O–H groups in total. The molecule has 33 heavy (non-hydrogen) atoms. The van der Waals surface area contributed by atoms with Gasteiger partial charge in [-0.25, -0.2) is 9.78 Å². The number of aryl methyl sites for hydroxylation is 3. The number of amides is 2. The molecule has 0 saturated heterocycles. The van der Waals surface area contributed by atoms with Gasteiger partial charge in [0, 0.05) is 24.3 Å². The summed E-state index contributed by atoms with van der Waals surface area (Å²) in [5, 5.41) is 5.90. The highest BCUT2D eigenvalue weighted by molar-refractivity contribution is 5.91. The first-order valence-electron chi connectivity index (χ1n) is 12.1. The number of para-hydroxylation sites is 1. The highest BCUT2D eigenvalue weighted by Crippen LogP contribution is 2.32. The van der Waals surface area contributed by atoms with Crippen LogP contribution in [0.5, 0.6) is 5.75 Å². The number of urea groups is 1. The van der Waals surface area contributed by atoms with Crippen molar-refractivity contribution in [2.45, 2.75) is 58.9 Å². The lowest BCUT2D eigenvalue weighted by Crippen LogP contribution is -2.30. The number of hydrogen-bond donors (Lipinski definition) is 2. The van der Waals surface area contributed by atoms with Crippen LogP contribution >= 0.6 is 0 Å². The van der Waals surface area contributed by atoms with Crippen molar-refractivity contribution in [3.63, 3.8) is 0 Å². The number of nitrogens with zero attached hydrogens (tertiary/aromatic N) is 2. The lowest BCUT2D eigenvalue weighted by Gasteiger charge is -2.18. The molecule has 1 aromatic heterocycles. The van der Waals surface area contributed by atoms with Crippen LogP contribution in [-0.2, 0) is 19.4 Å². The number of carbonyl (C=O) groups excluding carboxylic acids is 1. The van der Waals surface area contributed by atoms with E-state index in [0.29, 0.717) is 18.9 Å². The molecule has 4 rings (SSSR count). The number of anilines is 1. The van der Waals surface area contributed by atoms with E-state index in [4.69, 9.17) is 9.72 Å². The van der Waals surface area contributed by atoms with Crippen molar-refractivity contribution in [1.29, 1.82) is 0 Å². The van der Waals surface area contributed by atoms with Crippen molar-refractivity contribution in [1.82, 2.24) is 14.9 Å². The molecule has 0 spiro atoms. The van der Waals surface area contributed by atoms with Crippen molar-refractivity contribution in [2.75, 3.05) is 18.5 Å². The number of imidazole rings is 1. The molecule has 1 heterocycles. The zero-order valence-corrected chi connectivity index (χ0v) is 19.7. The average molecular weight is 447 g/mol. The SMILES string of the molecule is CCCCCNC(=O)Nc1c(C)cccc1OCCCn1cnc2c1CCc1ccccc1-2. The van der Waals surface area contributed by atoms with Crippen LogP contribution in [0.15, 0.2) is 48.8 Å². The molecule has 6 heteroatoms. The maximum absolute atomic E-state index is 12.3. The van der Waals surface area contributed by atoms with Crippen molar-refractivity contribution in [3.05, 3.63) is 65.6 Å². The standard InChI is InChI=1S/C27H34N4O2/c1-3-4-7-16-28-27(32)30-25-20(2)10-8-13-24(25)33-18-9-17-31-19-29-26-22-12-6-5-11-21(22)14-15-23(26)31/h5-6,8,10-13,19H,3-4,7,9,14-18H2,1-2H3,(H2,28,30,32). The zero-order chi connectivity index (χ0) is 23.0. The van der Waals surface area contributed by atoms with Gasteiger partial charge in [0.05, 0.1) is 24.3 Å². The van der Waals surface area contributed by atoms with Gasteiger partial charge < -0.3 is 19.9 Å². The predicted octanol–water partition coefficient (Wildman–Crippen LogP) is 5.74. The summed E-state index contributed by atoms with van der Waals surface area (Å²) in [5.74, 6) is 0.709. The van der Waals surface area contributed by atoms with Gasteiger partial charge in [0.25, 0.3) is 0 Å². The van der Waals surface area contributed by atoms with E-state index in [1.807, 2.05) is 31.5 Å². The molecule has 0 unspecified atom stereocenters. The minimum Gasteiger partial charge on any atom is -0.491 e. The molecular formula is C27H34N4O2. The molecule has 0 fully saturated rings. The smallest absolute Gasteiger partial charge is 0.319 e. The highest BCUT2D eigenvalue weighted by Gasteiger charge is 2.20. The summed E-state index contributed by atoms with van der Waals surface area (Å²) >= 11 is 0. The third kappa shape index (κ3) is 5.56. The van der Waals surface area contributed by atoms with Crippen LogP contribution in [0.2, 0.25) is 0 Å². The van der Waals surface area contributed by atoms with E-state index >= 15 is 0 Å². The summed E-state index contributed by atoms with van der Waals surface area (Å²) in [5.41, 5.74) is 6.80. The van der Waals surface area contributed by atoms with Crippen LogP contribution in [0, 0.1) is 6.92 Å². The lowest BCUT2D eigenvalue weighted by molar-refractivity contribution is 0.251. The van der Waals surface area contributed by atoms with E-state index in [-0.39, 0.29) is 6.03 Å². The fraction of sp³-hybridized carbons (Fsp3) is 0.407. The summed E-state index contributed by atoms with van der Waals surface area (Å²) in [6.07, 6.45) is 8.14. The van der Waals surface area contributed by atoms with Crippen LogP contribution in [0.3, 0.4) is 0 Å². The van der Waals surface area contributed by atoms with Gasteiger partial charge in [-0.1, -0.05) is 56.2 Å². The first kappa shape index (κ1) is 22.9. The third-order valence-electron chi connectivity index (χ3n) is 6.19. The molecule has 3 aromatic rings. The number of fused-ring (bicyclic) bond motifs is 3. The Kier molecular flexibility index (Phi) is 7.66. The number of rotatable bonds is 10. The second-order valence-corrected chi connectivity index (χ2v) is 8.63. The largest absolute Gasteiger partial charge is 0.491 e. The average Bonchev–Trinajstić information content (AvgIpc) is 3.25. The van der Waals surface area contributed by atoms with Gasteiger partial charge in [0.1, 0.15) is 5.75 Å². The van der Waals surface area contributed by atoms with Gasteiger partial charge in [-0.15, -0.1) is 0 Å². The van der Waals surface area contributed by atoms with Crippen LogP contribution in [0.4, 0.5) is 10.5 Å². The molecule has 1 aliphatic carbocycles. The number of aromatic nitrogens is 2. The molecule has 6 nitrogen and oxygen atoms in total. The Labute approximate surface area is 196 Å². The van der Waals surface area contributed by atoms with Crippen molar-refractivity contribution in [2.24, 2.45) is 0 Å². The van der Waals surface area contributed by atoms with Gasteiger partial charge in [-0.3, -0.25) is 0 Å². The molecule has 0 atom stereocenters. The predicted molar refractivity (Wildman–Crippen MR) is 133 cm³/mol. The van der Waals surface area contributed by atoms with Crippen molar-refractivity contribution < 1.29 is 9.53 Å². The minimum absolute atomic E-state index is 0.185. The number of ether oxygens (including phenoxy) is 1. The maximum Gasteiger partial charge on any atom is 0.319 e. The van der Waals surface area contributed by atoms with E-state index in [2.05, 4.69) is 46.4 Å². The topological polar surface area (TPSA) is 68.2 Å². The Morgan fingerprint density at radius 1 is 1.09 bits per heavy atom. The Hall–Kier alpha value is -3.28. The van der Waals surface area contributed by atoms with E-state index in [9.17, 15) is 4.79 Å². The third-order valence-corrected chi connectivity index (χ3v) is 6.19. The molecule has 2 amide bonds. The number of benzene rings is 2. The molecule has 0 saturated carbocycles. The zero-order valence-electron chi connectivity index (χ0n) is 19.7. The number of nitrogens with one attached hydrogen (secondary N) is 2. The Balaban J connectivity index is 1.32. The Bertz CT molecular complexity index is 1090. The summed E-state index contributed by atoms with van der Waals surface area (Å²) in [6, 6.07) is 14.2. The first-order chi connectivity index (χ1) is 16.2. The normalized spacial score (nSPS) is 12.1. The van der Waals surface area contributed by atoms with E-state index in [0.717, 1.165) is 62.0 Å². The summed E-state index contributed by atoms with van der Waals surface area (Å²) in [7, 11) is 0. The molecule has 0 radical (unpaired) electrons. The number of unbranched alkanes of at least 4 members (excludes halogenated alkanes) is 2. The van der Waals surface area contributed by atoms with Crippen LogP contribution in [0.25, 0.3) is 11.3 Å². The fourth-order valence-electron chi connectivity index (χ4n) is 4.38. The Morgan fingerprint density at radius 2 is 1.97 bits per heavy atom. The molecular weight excluding hydrogens is 412 g/mol. The Morgan fingerprint density at radius 3 is 2.85 bits per heavy atom.